The number of esters is 1. The summed E-state index contributed by atoms with van der Waals surface area (Å²) >= 11 is 0. The molecule has 0 fully saturated rings. The van der Waals surface area contributed by atoms with Crippen molar-refractivity contribution in [1.82, 2.24) is 0 Å². The second kappa shape index (κ2) is 10.1. The second-order valence-corrected chi connectivity index (χ2v) is 8.75. The van der Waals surface area contributed by atoms with E-state index in [4.69, 9.17) is 23.0 Å². The molecule has 0 radical (unpaired) electrons. The Morgan fingerprint density at radius 1 is 0.825 bits per heavy atom. The zero-order valence-corrected chi connectivity index (χ0v) is 21.6. The fraction of sp³-hybridized carbons (Fsp3) is 0.172. The van der Waals surface area contributed by atoms with E-state index in [0.29, 0.717) is 23.7 Å². The Labute approximate surface area is 226 Å². The van der Waals surface area contributed by atoms with E-state index in [1.54, 1.807) is 18.2 Å². The third-order valence-corrected chi connectivity index (χ3v) is 6.39. The minimum Gasteiger partial charge on any atom is -0.507 e. The summed E-state index contributed by atoms with van der Waals surface area (Å²) in [6, 6.07) is 9.79. The van der Waals surface area contributed by atoms with E-state index < -0.39 is 34.4 Å². The molecule has 0 aliphatic carbocycles. The van der Waals surface area contributed by atoms with Gasteiger partial charge in [-0.1, -0.05) is 0 Å². The number of fused-ring (bicyclic) bond motifs is 3. The number of phenols is 3. The fourth-order valence-electron chi connectivity index (χ4n) is 4.53. The predicted molar refractivity (Wildman–Crippen MR) is 143 cm³/mol. The van der Waals surface area contributed by atoms with Crippen LogP contribution in [0.15, 0.2) is 56.1 Å². The van der Waals surface area contributed by atoms with Crippen LogP contribution in [-0.2, 0) is 16.0 Å². The maximum absolute atomic E-state index is 13.3. The SMILES string of the molecule is CCOc1ccc(-c2oc3cc(O)c4c(=O)c(O)c(-c5ccc(O)c(O)c5)oc4c3c2CC(=O)OC)cc1OC. The van der Waals surface area contributed by atoms with Crippen LogP contribution in [-0.4, -0.2) is 47.2 Å². The molecule has 11 heteroatoms. The van der Waals surface area contributed by atoms with Crippen LogP contribution in [0.2, 0.25) is 0 Å². The molecule has 3 aromatic carbocycles. The molecule has 2 aromatic heterocycles. The molecule has 40 heavy (non-hydrogen) atoms. The third-order valence-electron chi connectivity index (χ3n) is 6.39. The van der Waals surface area contributed by atoms with E-state index >= 15 is 0 Å². The smallest absolute Gasteiger partial charge is 0.310 e. The average Bonchev–Trinajstić information content (AvgIpc) is 3.29. The van der Waals surface area contributed by atoms with Crippen molar-refractivity contribution in [2.75, 3.05) is 20.8 Å². The van der Waals surface area contributed by atoms with Gasteiger partial charge in [0.05, 0.1) is 32.6 Å². The van der Waals surface area contributed by atoms with Crippen molar-refractivity contribution in [3.8, 4) is 57.1 Å². The molecular formula is C29H24O11. The van der Waals surface area contributed by atoms with Crippen LogP contribution in [0.25, 0.3) is 44.6 Å². The zero-order chi connectivity index (χ0) is 28.7. The van der Waals surface area contributed by atoms with Crippen LogP contribution < -0.4 is 14.9 Å². The topological polar surface area (TPSA) is 169 Å². The van der Waals surface area contributed by atoms with Gasteiger partial charge in [-0.15, -0.1) is 0 Å². The molecular weight excluding hydrogens is 524 g/mol. The van der Waals surface area contributed by atoms with Crippen molar-refractivity contribution >= 4 is 27.9 Å². The number of carbonyl (C=O) groups is 1. The van der Waals surface area contributed by atoms with Crippen molar-refractivity contribution in [2.24, 2.45) is 0 Å². The highest BCUT2D eigenvalue weighted by Gasteiger charge is 2.27. The highest BCUT2D eigenvalue weighted by atomic mass is 16.5. The Bertz CT molecular complexity index is 1850. The van der Waals surface area contributed by atoms with Crippen molar-refractivity contribution in [3.63, 3.8) is 0 Å². The Hall–Kier alpha value is -5.32. The maximum Gasteiger partial charge on any atom is 0.310 e. The van der Waals surface area contributed by atoms with Crippen LogP contribution in [0.1, 0.15) is 12.5 Å². The molecule has 0 atom stereocenters. The summed E-state index contributed by atoms with van der Waals surface area (Å²) in [4.78, 5) is 25.8. The first-order valence-electron chi connectivity index (χ1n) is 12.1. The summed E-state index contributed by atoms with van der Waals surface area (Å²) in [6.45, 7) is 2.24. The molecule has 0 unspecified atom stereocenters. The molecule has 5 aromatic rings. The molecule has 2 heterocycles. The van der Waals surface area contributed by atoms with Crippen molar-refractivity contribution in [2.45, 2.75) is 13.3 Å². The van der Waals surface area contributed by atoms with E-state index in [1.165, 1.54) is 26.4 Å². The van der Waals surface area contributed by atoms with Crippen molar-refractivity contribution < 1.29 is 48.3 Å². The Kier molecular flexibility index (Phi) is 6.64. The Morgan fingerprint density at radius 2 is 1.55 bits per heavy atom. The van der Waals surface area contributed by atoms with E-state index in [0.717, 1.165) is 12.1 Å². The summed E-state index contributed by atoms with van der Waals surface area (Å²) < 4.78 is 28.0. The standard InChI is InChI=1S/C29H24O11/c1-4-38-19-8-6-14(10-20(19)36-2)27-15(11-22(33)37-3)23-21(39-27)12-18(32)24-25(34)26(35)28(40-29(23)24)13-5-7-16(30)17(31)9-13/h5-10,12,30-32,35H,4,11H2,1-3H3. The van der Waals surface area contributed by atoms with Crippen LogP contribution in [0.5, 0.6) is 34.5 Å². The van der Waals surface area contributed by atoms with Gasteiger partial charge in [0.2, 0.25) is 11.2 Å². The minimum atomic E-state index is -0.960. The summed E-state index contributed by atoms with van der Waals surface area (Å²) in [5.74, 6) is -2.13. The number of phenolic OH excluding ortho intramolecular Hbond substituents is 3. The van der Waals surface area contributed by atoms with E-state index in [-0.39, 0.29) is 51.0 Å². The van der Waals surface area contributed by atoms with Gasteiger partial charge in [0.1, 0.15) is 22.5 Å². The molecule has 0 amide bonds. The second-order valence-electron chi connectivity index (χ2n) is 8.75. The number of hydrogen-bond donors (Lipinski definition) is 4. The minimum absolute atomic E-state index is 0.0674. The third kappa shape index (κ3) is 4.27. The highest BCUT2D eigenvalue weighted by molar-refractivity contribution is 6.10. The summed E-state index contributed by atoms with van der Waals surface area (Å²) in [5.41, 5.74) is -0.206. The summed E-state index contributed by atoms with van der Waals surface area (Å²) in [5, 5.41) is 40.9. The van der Waals surface area contributed by atoms with Crippen LogP contribution in [0, 0.1) is 0 Å². The zero-order valence-electron chi connectivity index (χ0n) is 21.6. The summed E-state index contributed by atoms with van der Waals surface area (Å²) in [6.07, 6.45) is -0.297. The van der Waals surface area contributed by atoms with Gasteiger partial charge in [-0.2, -0.15) is 0 Å². The van der Waals surface area contributed by atoms with Gasteiger partial charge in [-0.05, 0) is 43.3 Å². The number of furan rings is 1. The largest absolute Gasteiger partial charge is 0.507 e. The summed E-state index contributed by atoms with van der Waals surface area (Å²) in [7, 11) is 2.70. The number of carbonyl (C=O) groups excluding carboxylic acids is 1. The van der Waals surface area contributed by atoms with Gasteiger partial charge in [0.25, 0.3) is 0 Å². The van der Waals surface area contributed by atoms with Gasteiger partial charge >= 0.3 is 5.97 Å². The number of hydrogen-bond acceptors (Lipinski definition) is 11. The number of ether oxygens (including phenoxy) is 3. The van der Waals surface area contributed by atoms with Gasteiger partial charge in [-0.25, -0.2) is 0 Å². The molecule has 0 saturated heterocycles. The molecule has 0 aliphatic heterocycles. The molecule has 4 N–H and O–H groups in total. The number of aromatic hydroxyl groups is 4. The highest BCUT2D eigenvalue weighted by Crippen LogP contribution is 2.45. The predicted octanol–water partition coefficient (Wildman–Crippen LogP) is 4.82. The van der Waals surface area contributed by atoms with Gasteiger partial charge in [0.15, 0.2) is 34.3 Å². The lowest BCUT2D eigenvalue weighted by Gasteiger charge is -2.11. The van der Waals surface area contributed by atoms with Crippen LogP contribution in [0.4, 0.5) is 0 Å². The van der Waals surface area contributed by atoms with E-state index in [9.17, 15) is 30.0 Å². The monoisotopic (exact) mass is 548 g/mol. The van der Waals surface area contributed by atoms with Crippen molar-refractivity contribution in [3.05, 3.63) is 58.3 Å². The quantitative estimate of drug-likeness (QED) is 0.162. The molecule has 5 rings (SSSR count). The van der Waals surface area contributed by atoms with Gasteiger partial charge in [0, 0.05) is 22.8 Å². The maximum atomic E-state index is 13.3. The molecule has 11 nitrogen and oxygen atoms in total. The van der Waals surface area contributed by atoms with Gasteiger partial charge < -0.3 is 43.5 Å². The number of methoxy groups -OCH3 is 2. The number of rotatable bonds is 7. The van der Waals surface area contributed by atoms with Crippen LogP contribution in [0.3, 0.4) is 0 Å². The lowest BCUT2D eigenvalue weighted by atomic mass is 10.00. The Balaban J connectivity index is 1.87. The van der Waals surface area contributed by atoms with E-state index in [1.807, 2.05) is 6.92 Å². The molecule has 0 bridgehead atoms. The molecule has 206 valence electrons. The van der Waals surface area contributed by atoms with Crippen LogP contribution >= 0.6 is 0 Å². The molecule has 0 aliphatic rings. The first kappa shape index (κ1) is 26.3. The Morgan fingerprint density at radius 3 is 2.23 bits per heavy atom. The van der Waals surface area contributed by atoms with Crippen molar-refractivity contribution in [1.29, 1.82) is 0 Å². The molecule has 0 spiro atoms. The first-order valence-corrected chi connectivity index (χ1v) is 12.1. The molecule has 0 saturated carbocycles. The number of benzene rings is 3. The van der Waals surface area contributed by atoms with Gasteiger partial charge in [-0.3, -0.25) is 9.59 Å². The lowest BCUT2D eigenvalue weighted by Crippen LogP contribution is -2.06. The normalized spacial score (nSPS) is 11.2. The first-order chi connectivity index (χ1) is 19.2. The van der Waals surface area contributed by atoms with E-state index in [2.05, 4.69) is 0 Å². The lowest BCUT2D eigenvalue weighted by molar-refractivity contribution is -0.139. The average molecular weight is 549 g/mol. The fourth-order valence-corrected chi connectivity index (χ4v) is 4.53.